The predicted molar refractivity (Wildman–Crippen MR) is 71.3 cm³/mol. The van der Waals surface area contributed by atoms with E-state index in [1.165, 1.54) is 18.6 Å². The summed E-state index contributed by atoms with van der Waals surface area (Å²) in [6.45, 7) is 1.03. The maximum absolute atomic E-state index is 13.1. The van der Waals surface area contributed by atoms with E-state index >= 15 is 0 Å². The molecule has 1 aliphatic rings. The molecule has 1 fully saturated rings. The molecular weight excluding hydrogens is 266 g/mol. The Morgan fingerprint density at radius 2 is 2.05 bits per heavy atom. The molecule has 1 saturated heterocycles. The van der Waals surface area contributed by atoms with Gasteiger partial charge < -0.3 is 5.32 Å². The summed E-state index contributed by atoms with van der Waals surface area (Å²) in [5.41, 5.74) is 1.67. The van der Waals surface area contributed by atoms with Crippen molar-refractivity contribution in [3.05, 3.63) is 51.5 Å². The predicted octanol–water partition coefficient (Wildman–Crippen LogP) is 3.44. The fourth-order valence-corrected chi connectivity index (χ4v) is 3.27. The highest BCUT2D eigenvalue weighted by Gasteiger charge is 2.18. The highest BCUT2D eigenvalue weighted by atomic mass is 32.1. The molecule has 0 unspecified atom stereocenters. The van der Waals surface area contributed by atoms with Gasteiger partial charge in [-0.25, -0.2) is 13.8 Å². The second-order valence-corrected chi connectivity index (χ2v) is 5.71. The Bertz CT molecular complexity index is 556. The average Bonchev–Trinajstić information content (AvgIpc) is 2.96. The lowest BCUT2D eigenvalue weighted by molar-refractivity contribution is 0.580. The van der Waals surface area contributed by atoms with Crippen LogP contribution in [0, 0.1) is 11.6 Å². The van der Waals surface area contributed by atoms with Crippen molar-refractivity contribution < 1.29 is 8.78 Å². The fraction of sp³-hybridized carbons (Fsp3) is 0.357. The van der Waals surface area contributed by atoms with Gasteiger partial charge in [-0.15, -0.1) is 11.3 Å². The summed E-state index contributed by atoms with van der Waals surface area (Å²) in [5.74, 6) is -1.08. The van der Waals surface area contributed by atoms with Gasteiger partial charge >= 0.3 is 0 Å². The lowest BCUT2D eigenvalue weighted by atomic mass is 10.1. The van der Waals surface area contributed by atoms with Gasteiger partial charge in [-0.05, 0) is 37.1 Å². The zero-order chi connectivity index (χ0) is 13.2. The largest absolute Gasteiger partial charge is 0.309 e. The monoisotopic (exact) mass is 280 g/mol. The minimum absolute atomic E-state index is 0.342. The molecule has 0 amide bonds. The van der Waals surface area contributed by atoms with Gasteiger partial charge in [0.05, 0.1) is 16.7 Å². The molecule has 0 saturated carbocycles. The van der Waals surface area contributed by atoms with Crippen LogP contribution in [0.15, 0.2) is 23.6 Å². The van der Waals surface area contributed by atoms with Gasteiger partial charge in [0.25, 0.3) is 0 Å². The molecule has 100 valence electrons. The molecule has 2 heterocycles. The Balaban J connectivity index is 1.76. The Labute approximate surface area is 114 Å². The third-order valence-corrected chi connectivity index (χ3v) is 4.13. The molecule has 0 radical (unpaired) electrons. The molecule has 0 aliphatic carbocycles. The Kier molecular flexibility index (Phi) is 3.57. The first-order chi connectivity index (χ1) is 9.20. The van der Waals surface area contributed by atoms with Gasteiger partial charge in [0, 0.05) is 17.9 Å². The van der Waals surface area contributed by atoms with E-state index in [0.29, 0.717) is 18.0 Å². The van der Waals surface area contributed by atoms with Crippen LogP contribution in [0.4, 0.5) is 8.78 Å². The first-order valence-corrected chi connectivity index (χ1v) is 7.21. The normalized spacial score (nSPS) is 18.9. The van der Waals surface area contributed by atoms with E-state index in [-0.39, 0.29) is 0 Å². The topological polar surface area (TPSA) is 24.9 Å². The number of halogens is 2. The molecular formula is C14H14F2N2S. The van der Waals surface area contributed by atoms with E-state index in [2.05, 4.69) is 10.3 Å². The van der Waals surface area contributed by atoms with Crippen LogP contribution in [0.25, 0.3) is 0 Å². The lowest BCUT2D eigenvalue weighted by Gasteiger charge is -2.05. The van der Waals surface area contributed by atoms with Crippen molar-refractivity contribution in [1.82, 2.24) is 10.3 Å². The van der Waals surface area contributed by atoms with Gasteiger partial charge in [-0.2, -0.15) is 0 Å². The summed E-state index contributed by atoms with van der Waals surface area (Å²) in [7, 11) is 0. The molecule has 1 N–H and O–H groups in total. The van der Waals surface area contributed by atoms with Gasteiger partial charge in [0.1, 0.15) is 11.6 Å². The van der Waals surface area contributed by atoms with E-state index in [4.69, 9.17) is 0 Å². The molecule has 2 nitrogen and oxygen atoms in total. The van der Waals surface area contributed by atoms with Crippen molar-refractivity contribution in [3.63, 3.8) is 0 Å². The van der Waals surface area contributed by atoms with Crippen molar-refractivity contribution in [2.24, 2.45) is 0 Å². The summed E-state index contributed by atoms with van der Waals surface area (Å²) in [6.07, 6.45) is 2.76. The third kappa shape index (κ3) is 2.98. The second kappa shape index (κ2) is 5.35. The quantitative estimate of drug-likeness (QED) is 0.931. The third-order valence-electron chi connectivity index (χ3n) is 3.26. The number of nitrogens with one attached hydrogen (secondary N) is 1. The number of benzene rings is 1. The smallest absolute Gasteiger partial charge is 0.126 e. The summed E-state index contributed by atoms with van der Waals surface area (Å²) in [6, 6.07) is 3.95. The number of aromatic nitrogens is 1. The van der Waals surface area contributed by atoms with Gasteiger partial charge in [-0.1, -0.05) is 0 Å². The van der Waals surface area contributed by atoms with Crippen molar-refractivity contribution in [1.29, 1.82) is 0 Å². The highest BCUT2D eigenvalue weighted by Crippen LogP contribution is 2.25. The summed E-state index contributed by atoms with van der Waals surface area (Å²) in [4.78, 5) is 4.56. The minimum Gasteiger partial charge on any atom is -0.309 e. The van der Waals surface area contributed by atoms with E-state index in [1.54, 1.807) is 11.3 Å². The maximum atomic E-state index is 13.1. The zero-order valence-corrected chi connectivity index (χ0v) is 11.1. The van der Waals surface area contributed by atoms with Crippen LogP contribution in [-0.4, -0.2) is 11.5 Å². The number of nitrogens with zero attached hydrogens (tertiary/aromatic N) is 1. The minimum atomic E-state index is -0.538. The van der Waals surface area contributed by atoms with Crippen LogP contribution in [0.3, 0.4) is 0 Å². The van der Waals surface area contributed by atoms with E-state index in [0.717, 1.165) is 29.7 Å². The SMILES string of the molecule is Fc1cc(F)cc(Cc2nc([C@@H]3CCCN3)cs2)c1. The molecule has 3 rings (SSSR count). The number of thiazole rings is 1. The average molecular weight is 280 g/mol. The van der Waals surface area contributed by atoms with Crippen molar-refractivity contribution in [2.45, 2.75) is 25.3 Å². The van der Waals surface area contributed by atoms with Crippen LogP contribution < -0.4 is 5.32 Å². The Hall–Kier alpha value is -1.33. The first kappa shape index (κ1) is 12.7. The Morgan fingerprint density at radius 3 is 2.74 bits per heavy atom. The van der Waals surface area contributed by atoms with Gasteiger partial charge in [0.2, 0.25) is 0 Å². The lowest BCUT2D eigenvalue weighted by Crippen LogP contribution is -2.13. The molecule has 1 aromatic heterocycles. The van der Waals surface area contributed by atoms with Crippen LogP contribution in [0.1, 0.15) is 35.1 Å². The number of hydrogen-bond donors (Lipinski definition) is 1. The zero-order valence-electron chi connectivity index (χ0n) is 10.3. The standard InChI is InChI=1S/C14H14F2N2S/c15-10-4-9(5-11(16)7-10)6-14-18-13(8-19-14)12-2-1-3-17-12/h4-5,7-8,12,17H,1-3,6H2/t12-/m0/s1. The molecule has 5 heteroatoms. The van der Waals surface area contributed by atoms with Crippen LogP contribution in [0.5, 0.6) is 0 Å². The molecule has 1 aliphatic heterocycles. The summed E-state index contributed by atoms with van der Waals surface area (Å²) >= 11 is 1.55. The second-order valence-electron chi connectivity index (χ2n) is 4.77. The van der Waals surface area contributed by atoms with Crippen LogP contribution >= 0.6 is 11.3 Å². The molecule has 19 heavy (non-hydrogen) atoms. The molecule has 0 spiro atoms. The van der Waals surface area contributed by atoms with Crippen LogP contribution in [0.2, 0.25) is 0 Å². The van der Waals surface area contributed by atoms with E-state index in [9.17, 15) is 8.78 Å². The van der Waals surface area contributed by atoms with Crippen molar-refractivity contribution in [3.8, 4) is 0 Å². The molecule has 1 atom stereocenters. The number of rotatable bonds is 3. The van der Waals surface area contributed by atoms with Crippen molar-refractivity contribution in [2.75, 3.05) is 6.54 Å². The summed E-state index contributed by atoms with van der Waals surface area (Å²) in [5, 5.41) is 6.33. The van der Waals surface area contributed by atoms with Gasteiger partial charge in [0.15, 0.2) is 0 Å². The highest BCUT2D eigenvalue weighted by molar-refractivity contribution is 7.09. The number of hydrogen-bond acceptors (Lipinski definition) is 3. The summed E-state index contributed by atoms with van der Waals surface area (Å²) < 4.78 is 26.2. The van der Waals surface area contributed by atoms with Crippen LogP contribution in [-0.2, 0) is 6.42 Å². The molecule has 0 bridgehead atoms. The first-order valence-electron chi connectivity index (χ1n) is 6.33. The molecule has 2 aromatic rings. The fourth-order valence-electron chi connectivity index (χ4n) is 2.39. The Morgan fingerprint density at radius 1 is 1.26 bits per heavy atom. The molecule has 1 aromatic carbocycles. The maximum Gasteiger partial charge on any atom is 0.126 e. The van der Waals surface area contributed by atoms with E-state index in [1.807, 2.05) is 5.38 Å². The van der Waals surface area contributed by atoms with E-state index < -0.39 is 11.6 Å². The van der Waals surface area contributed by atoms with Gasteiger partial charge in [-0.3, -0.25) is 0 Å². The van der Waals surface area contributed by atoms with Crippen molar-refractivity contribution >= 4 is 11.3 Å².